The Hall–Kier alpha value is -2.26. The number of anilines is 1. The van der Waals surface area contributed by atoms with Gasteiger partial charge in [-0.2, -0.15) is 11.3 Å². The third-order valence-electron chi connectivity index (χ3n) is 3.96. The lowest BCUT2D eigenvalue weighted by Crippen LogP contribution is -2.49. The molecular formula is C17H18F3N3O2S. The van der Waals surface area contributed by atoms with Crippen molar-refractivity contribution in [2.75, 3.05) is 31.5 Å². The summed E-state index contributed by atoms with van der Waals surface area (Å²) in [6, 6.07) is 7.01. The van der Waals surface area contributed by atoms with E-state index in [4.69, 9.17) is 0 Å². The number of thiophene rings is 1. The maximum Gasteiger partial charge on any atom is 0.573 e. The molecule has 1 aromatic carbocycles. The average molecular weight is 385 g/mol. The van der Waals surface area contributed by atoms with E-state index in [0.717, 1.165) is 25.7 Å². The zero-order valence-electron chi connectivity index (χ0n) is 13.8. The maximum atomic E-state index is 12.3. The summed E-state index contributed by atoms with van der Waals surface area (Å²) in [4.78, 5) is 16.2. The summed E-state index contributed by atoms with van der Waals surface area (Å²) >= 11 is 1.66. The molecule has 2 aromatic rings. The lowest BCUT2D eigenvalue weighted by Gasteiger charge is -2.34. The van der Waals surface area contributed by atoms with Crippen molar-refractivity contribution < 1.29 is 22.7 Å². The van der Waals surface area contributed by atoms with Gasteiger partial charge in [-0.15, -0.1) is 13.2 Å². The summed E-state index contributed by atoms with van der Waals surface area (Å²) < 4.78 is 40.7. The SMILES string of the molecule is O=C(Nc1cccc(OC(F)(F)F)c1)N1CCN(Cc2ccsc2)CC1. The van der Waals surface area contributed by atoms with E-state index in [1.165, 1.54) is 23.8 Å². The van der Waals surface area contributed by atoms with Crippen LogP contribution in [-0.4, -0.2) is 48.4 Å². The third-order valence-corrected chi connectivity index (χ3v) is 4.70. The Kier molecular flexibility index (Phi) is 5.67. The van der Waals surface area contributed by atoms with Crippen LogP contribution in [0.5, 0.6) is 5.75 Å². The van der Waals surface area contributed by atoms with E-state index in [2.05, 4.69) is 26.4 Å². The van der Waals surface area contributed by atoms with Crippen LogP contribution in [-0.2, 0) is 6.54 Å². The van der Waals surface area contributed by atoms with Crippen LogP contribution >= 0.6 is 11.3 Å². The zero-order valence-corrected chi connectivity index (χ0v) is 14.6. The molecule has 1 fully saturated rings. The molecule has 0 atom stereocenters. The smallest absolute Gasteiger partial charge is 0.406 e. The highest BCUT2D eigenvalue weighted by Crippen LogP contribution is 2.25. The molecule has 2 amide bonds. The highest BCUT2D eigenvalue weighted by Gasteiger charge is 2.31. The van der Waals surface area contributed by atoms with Gasteiger partial charge < -0.3 is 15.0 Å². The lowest BCUT2D eigenvalue weighted by molar-refractivity contribution is -0.274. The molecule has 9 heteroatoms. The molecule has 140 valence electrons. The number of urea groups is 1. The van der Waals surface area contributed by atoms with Gasteiger partial charge in [0.2, 0.25) is 0 Å². The number of benzene rings is 1. The van der Waals surface area contributed by atoms with Crippen molar-refractivity contribution in [1.29, 1.82) is 0 Å². The summed E-state index contributed by atoms with van der Waals surface area (Å²) in [6.45, 7) is 3.49. The van der Waals surface area contributed by atoms with Crippen LogP contribution in [0.4, 0.5) is 23.7 Å². The minimum atomic E-state index is -4.76. The molecule has 0 saturated carbocycles. The van der Waals surface area contributed by atoms with Gasteiger partial charge in [0.15, 0.2) is 0 Å². The molecule has 5 nitrogen and oxygen atoms in total. The molecule has 0 spiro atoms. The van der Waals surface area contributed by atoms with E-state index in [-0.39, 0.29) is 17.5 Å². The first-order valence-corrected chi connectivity index (χ1v) is 8.98. The molecule has 0 unspecified atom stereocenters. The van der Waals surface area contributed by atoms with Crippen molar-refractivity contribution in [2.45, 2.75) is 12.9 Å². The number of halogens is 3. The molecule has 1 aliphatic heterocycles. The number of rotatable bonds is 4. The van der Waals surface area contributed by atoms with E-state index in [9.17, 15) is 18.0 Å². The van der Waals surface area contributed by atoms with Crippen LogP contribution in [0.25, 0.3) is 0 Å². The summed E-state index contributed by atoms with van der Waals surface area (Å²) in [5.74, 6) is -0.365. The zero-order chi connectivity index (χ0) is 18.6. The fourth-order valence-electron chi connectivity index (χ4n) is 2.72. The van der Waals surface area contributed by atoms with E-state index in [0.29, 0.717) is 13.1 Å². The Labute approximate surface area is 153 Å². The number of piperazine rings is 1. The average Bonchev–Trinajstić information content (AvgIpc) is 3.07. The number of carbonyl (C=O) groups is 1. The Morgan fingerprint density at radius 2 is 1.96 bits per heavy atom. The van der Waals surface area contributed by atoms with Gasteiger partial charge in [0.1, 0.15) is 5.75 Å². The van der Waals surface area contributed by atoms with Gasteiger partial charge in [-0.1, -0.05) is 6.07 Å². The van der Waals surface area contributed by atoms with Crippen LogP contribution in [0.15, 0.2) is 41.1 Å². The summed E-state index contributed by atoms with van der Waals surface area (Å²) in [7, 11) is 0. The molecule has 0 bridgehead atoms. The van der Waals surface area contributed by atoms with Crippen LogP contribution in [0.1, 0.15) is 5.56 Å². The normalized spacial score (nSPS) is 15.7. The second-order valence-corrected chi connectivity index (χ2v) is 6.68. The Morgan fingerprint density at radius 1 is 1.19 bits per heavy atom. The summed E-state index contributed by atoms with van der Waals surface area (Å²) in [5.41, 5.74) is 1.52. The molecule has 1 aromatic heterocycles. The Morgan fingerprint density at radius 3 is 2.62 bits per heavy atom. The van der Waals surface area contributed by atoms with Crippen LogP contribution < -0.4 is 10.1 Å². The first-order valence-electron chi connectivity index (χ1n) is 8.04. The minimum Gasteiger partial charge on any atom is -0.406 e. The van der Waals surface area contributed by atoms with E-state index >= 15 is 0 Å². The molecule has 1 saturated heterocycles. The fraction of sp³-hybridized carbons (Fsp3) is 0.353. The molecule has 0 radical (unpaired) electrons. The first-order chi connectivity index (χ1) is 12.4. The molecule has 0 aliphatic carbocycles. The molecule has 3 rings (SSSR count). The maximum absolute atomic E-state index is 12.3. The van der Waals surface area contributed by atoms with E-state index < -0.39 is 6.36 Å². The van der Waals surface area contributed by atoms with Gasteiger partial charge >= 0.3 is 12.4 Å². The van der Waals surface area contributed by atoms with Gasteiger partial charge in [0.05, 0.1) is 0 Å². The van der Waals surface area contributed by atoms with Gasteiger partial charge in [-0.3, -0.25) is 4.90 Å². The topological polar surface area (TPSA) is 44.8 Å². The lowest BCUT2D eigenvalue weighted by atomic mass is 10.2. The van der Waals surface area contributed by atoms with E-state index in [1.807, 2.05) is 5.38 Å². The third kappa shape index (κ3) is 5.37. The Bertz CT molecular complexity index is 729. The molecular weight excluding hydrogens is 367 g/mol. The largest absolute Gasteiger partial charge is 0.573 e. The van der Waals surface area contributed by atoms with Crippen LogP contribution in [0.3, 0.4) is 0 Å². The number of carbonyl (C=O) groups excluding carboxylic acids is 1. The van der Waals surface area contributed by atoms with Gasteiger partial charge in [0, 0.05) is 44.5 Å². The van der Waals surface area contributed by atoms with Crippen LogP contribution in [0, 0.1) is 0 Å². The van der Waals surface area contributed by atoms with Crippen LogP contribution in [0.2, 0.25) is 0 Å². The number of amides is 2. The second kappa shape index (κ2) is 7.96. The summed E-state index contributed by atoms with van der Waals surface area (Å²) in [6.07, 6.45) is -4.76. The number of nitrogens with one attached hydrogen (secondary N) is 1. The van der Waals surface area contributed by atoms with Gasteiger partial charge in [-0.05, 0) is 34.5 Å². The predicted octanol–water partition coefficient (Wildman–Crippen LogP) is 4.00. The fourth-order valence-corrected chi connectivity index (χ4v) is 3.38. The standard InChI is InChI=1S/C17H18F3N3O2S/c18-17(19,20)25-15-3-1-2-14(10-15)21-16(24)23-7-5-22(6-8-23)11-13-4-9-26-12-13/h1-4,9-10,12H,5-8,11H2,(H,21,24). The predicted molar refractivity (Wildman–Crippen MR) is 93.3 cm³/mol. The number of hydrogen-bond acceptors (Lipinski definition) is 4. The van der Waals surface area contributed by atoms with Crippen molar-refractivity contribution >= 4 is 23.1 Å². The number of hydrogen-bond donors (Lipinski definition) is 1. The number of alkyl halides is 3. The minimum absolute atomic E-state index is 0.262. The van der Waals surface area contributed by atoms with E-state index in [1.54, 1.807) is 16.2 Å². The molecule has 26 heavy (non-hydrogen) atoms. The summed E-state index contributed by atoms with van der Waals surface area (Å²) in [5, 5.41) is 6.76. The highest BCUT2D eigenvalue weighted by molar-refractivity contribution is 7.07. The molecule has 2 heterocycles. The number of ether oxygens (including phenoxy) is 1. The van der Waals surface area contributed by atoms with Crippen molar-refractivity contribution in [3.05, 3.63) is 46.7 Å². The van der Waals surface area contributed by atoms with Crippen molar-refractivity contribution in [3.8, 4) is 5.75 Å². The van der Waals surface area contributed by atoms with Gasteiger partial charge in [-0.25, -0.2) is 4.79 Å². The first kappa shape index (κ1) is 18.5. The molecule has 1 N–H and O–H groups in total. The van der Waals surface area contributed by atoms with Gasteiger partial charge in [0.25, 0.3) is 0 Å². The molecule has 1 aliphatic rings. The quantitative estimate of drug-likeness (QED) is 0.865. The van der Waals surface area contributed by atoms with Crippen molar-refractivity contribution in [1.82, 2.24) is 9.80 Å². The number of nitrogens with zero attached hydrogens (tertiary/aromatic N) is 2. The van der Waals surface area contributed by atoms with Crippen molar-refractivity contribution in [3.63, 3.8) is 0 Å². The monoisotopic (exact) mass is 385 g/mol. The van der Waals surface area contributed by atoms with Crippen molar-refractivity contribution in [2.24, 2.45) is 0 Å². The second-order valence-electron chi connectivity index (χ2n) is 5.90. The highest BCUT2D eigenvalue weighted by atomic mass is 32.1. The Balaban J connectivity index is 1.50.